The number of benzene rings is 1. The number of hydrogen-bond acceptors (Lipinski definition) is 6. The molecule has 3 rings (SSSR count). The molecule has 7 nitrogen and oxygen atoms in total. The Hall–Kier alpha value is -1.94. The molecule has 0 bridgehead atoms. The first-order valence-electron chi connectivity index (χ1n) is 6.76. The van der Waals surface area contributed by atoms with Gasteiger partial charge in [-0.05, 0) is 6.07 Å². The van der Waals surface area contributed by atoms with Gasteiger partial charge in [-0.1, -0.05) is 6.07 Å². The third-order valence-corrected chi connectivity index (χ3v) is 3.51. The smallest absolute Gasteiger partial charge is 0.137 e. The van der Waals surface area contributed by atoms with Crippen LogP contribution in [0.4, 0.5) is 8.78 Å². The molecule has 1 aromatic heterocycles. The van der Waals surface area contributed by atoms with Crippen molar-refractivity contribution in [2.24, 2.45) is 0 Å². The fraction of sp³-hybridized carbons (Fsp3) is 0.385. The number of aromatic nitrogens is 3. The van der Waals surface area contributed by atoms with E-state index in [0.29, 0.717) is 13.3 Å². The number of hydrogen-bond donors (Lipinski definition) is 3. The van der Waals surface area contributed by atoms with E-state index in [1.807, 2.05) is 0 Å². The number of aliphatic hydroxyl groups is 1. The molecule has 2 aromatic rings. The van der Waals surface area contributed by atoms with E-state index in [1.165, 1.54) is 23.4 Å². The summed E-state index contributed by atoms with van der Waals surface area (Å²) in [5.74, 6) is -1.49. The summed E-state index contributed by atoms with van der Waals surface area (Å²) >= 11 is 0. The number of rotatable bonds is 5. The van der Waals surface area contributed by atoms with E-state index in [4.69, 9.17) is 0 Å². The maximum Gasteiger partial charge on any atom is 0.137 e. The fourth-order valence-corrected chi connectivity index (χ4v) is 2.51. The Bertz CT molecular complexity index is 631. The second kappa shape index (κ2) is 6.05. The van der Waals surface area contributed by atoms with Gasteiger partial charge in [0.05, 0.1) is 19.9 Å². The Labute approximate surface area is 125 Å². The van der Waals surface area contributed by atoms with E-state index in [2.05, 4.69) is 20.8 Å². The number of β-amino-alcohol motifs (C(OH)–C–C–N with tert-alkyl or cyclic N) is 1. The second-order valence-electron chi connectivity index (χ2n) is 5.19. The Morgan fingerprint density at radius 2 is 2.18 bits per heavy atom. The standard InChI is InChI=1S/C13H16F2N6O/c14-10-1-2-11(12(15)3-10)13(22,4-20-8-16-6-18-20)5-21-9-17-7-19-21/h1-3,6,8,17,19,22H,4-5,7,9H2/t13-/m0/s1. The van der Waals surface area contributed by atoms with Crippen molar-refractivity contribution < 1.29 is 13.9 Å². The van der Waals surface area contributed by atoms with Crippen molar-refractivity contribution in [2.45, 2.75) is 12.1 Å². The number of hydrazine groups is 1. The van der Waals surface area contributed by atoms with Gasteiger partial charge in [0.15, 0.2) is 0 Å². The summed E-state index contributed by atoms with van der Waals surface area (Å²) in [4.78, 5) is 3.81. The molecule has 0 radical (unpaired) electrons. The van der Waals surface area contributed by atoms with Crippen molar-refractivity contribution in [2.75, 3.05) is 19.9 Å². The molecule has 2 heterocycles. The van der Waals surface area contributed by atoms with Crippen molar-refractivity contribution >= 4 is 0 Å². The molecule has 0 unspecified atom stereocenters. The third kappa shape index (κ3) is 3.12. The quantitative estimate of drug-likeness (QED) is 0.708. The fourth-order valence-electron chi connectivity index (χ4n) is 2.51. The van der Waals surface area contributed by atoms with Gasteiger partial charge in [0.1, 0.15) is 29.9 Å². The molecule has 0 saturated carbocycles. The highest BCUT2D eigenvalue weighted by atomic mass is 19.1. The first kappa shape index (κ1) is 15.0. The van der Waals surface area contributed by atoms with Crippen molar-refractivity contribution in [3.05, 3.63) is 48.1 Å². The highest BCUT2D eigenvalue weighted by Crippen LogP contribution is 2.27. The van der Waals surface area contributed by atoms with Crippen LogP contribution in [0.2, 0.25) is 0 Å². The van der Waals surface area contributed by atoms with Crippen LogP contribution in [-0.4, -0.2) is 44.8 Å². The van der Waals surface area contributed by atoms with Crippen LogP contribution >= 0.6 is 0 Å². The predicted molar refractivity (Wildman–Crippen MR) is 73.0 cm³/mol. The predicted octanol–water partition coefficient (Wildman–Crippen LogP) is -0.231. The molecule has 9 heteroatoms. The van der Waals surface area contributed by atoms with Crippen LogP contribution < -0.4 is 10.7 Å². The zero-order valence-electron chi connectivity index (χ0n) is 11.7. The Morgan fingerprint density at radius 1 is 1.32 bits per heavy atom. The molecule has 1 aliphatic rings. The minimum absolute atomic E-state index is 0.00622. The molecule has 1 fully saturated rings. The normalized spacial score (nSPS) is 18.5. The molecule has 3 N–H and O–H groups in total. The molecule has 118 valence electrons. The van der Waals surface area contributed by atoms with Gasteiger partial charge < -0.3 is 5.11 Å². The van der Waals surface area contributed by atoms with E-state index in [1.54, 1.807) is 5.01 Å². The Kier molecular flexibility index (Phi) is 4.12. The van der Waals surface area contributed by atoms with Crippen LogP contribution in [0, 0.1) is 11.6 Å². The molecule has 0 aliphatic carbocycles. The summed E-state index contributed by atoms with van der Waals surface area (Å²) in [5, 5.41) is 19.7. The van der Waals surface area contributed by atoms with Crippen LogP contribution in [0.5, 0.6) is 0 Å². The SMILES string of the molecule is O[C@](CN1CNCN1)(Cn1cncn1)c1ccc(F)cc1F. The van der Waals surface area contributed by atoms with Crippen molar-refractivity contribution in [1.82, 2.24) is 30.5 Å². The lowest BCUT2D eigenvalue weighted by Crippen LogP contribution is -2.47. The first-order valence-corrected chi connectivity index (χ1v) is 6.76. The minimum atomic E-state index is -1.59. The van der Waals surface area contributed by atoms with Crippen molar-refractivity contribution in [3.8, 4) is 0 Å². The summed E-state index contributed by atoms with van der Waals surface area (Å²) in [6.07, 6.45) is 2.76. The van der Waals surface area contributed by atoms with Gasteiger partial charge in [-0.2, -0.15) is 5.10 Å². The van der Waals surface area contributed by atoms with Gasteiger partial charge in [-0.25, -0.2) is 28.9 Å². The number of nitrogens with one attached hydrogen (secondary N) is 2. The Morgan fingerprint density at radius 3 is 2.82 bits per heavy atom. The summed E-state index contributed by atoms with van der Waals surface area (Å²) in [5.41, 5.74) is 1.43. The van der Waals surface area contributed by atoms with E-state index < -0.39 is 17.2 Å². The molecular weight excluding hydrogens is 294 g/mol. The second-order valence-corrected chi connectivity index (χ2v) is 5.19. The summed E-state index contributed by atoms with van der Waals surface area (Å²) in [6, 6.07) is 3.14. The van der Waals surface area contributed by atoms with Crippen LogP contribution in [0.3, 0.4) is 0 Å². The lowest BCUT2D eigenvalue weighted by Gasteiger charge is -2.32. The summed E-state index contributed by atoms with van der Waals surface area (Å²) in [7, 11) is 0. The molecule has 1 aromatic carbocycles. The van der Waals surface area contributed by atoms with Gasteiger partial charge in [0, 0.05) is 18.2 Å². The van der Waals surface area contributed by atoms with Crippen LogP contribution in [0.25, 0.3) is 0 Å². The average molecular weight is 310 g/mol. The highest BCUT2D eigenvalue weighted by molar-refractivity contribution is 5.25. The monoisotopic (exact) mass is 310 g/mol. The minimum Gasteiger partial charge on any atom is -0.382 e. The van der Waals surface area contributed by atoms with Gasteiger partial charge in [-0.15, -0.1) is 0 Å². The average Bonchev–Trinajstić information content (AvgIpc) is 3.12. The van der Waals surface area contributed by atoms with E-state index in [9.17, 15) is 13.9 Å². The topological polar surface area (TPSA) is 78.2 Å². The molecule has 1 aliphatic heterocycles. The molecule has 0 spiro atoms. The molecule has 1 atom stereocenters. The van der Waals surface area contributed by atoms with Gasteiger partial charge >= 0.3 is 0 Å². The van der Waals surface area contributed by atoms with Crippen LogP contribution in [0.1, 0.15) is 5.56 Å². The summed E-state index contributed by atoms with van der Waals surface area (Å²) in [6.45, 7) is 1.16. The molecular formula is C13H16F2N6O. The van der Waals surface area contributed by atoms with Crippen molar-refractivity contribution in [1.29, 1.82) is 0 Å². The number of halogens is 2. The molecule has 1 saturated heterocycles. The largest absolute Gasteiger partial charge is 0.382 e. The lowest BCUT2D eigenvalue weighted by molar-refractivity contribution is -0.0269. The number of nitrogens with zero attached hydrogens (tertiary/aromatic N) is 4. The third-order valence-electron chi connectivity index (χ3n) is 3.51. The van der Waals surface area contributed by atoms with Gasteiger partial charge in [0.2, 0.25) is 0 Å². The Balaban J connectivity index is 1.93. The maximum absolute atomic E-state index is 14.1. The zero-order valence-corrected chi connectivity index (χ0v) is 11.7. The highest BCUT2D eigenvalue weighted by Gasteiger charge is 2.36. The van der Waals surface area contributed by atoms with Crippen LogP contribution in [0.15, 0.2) is 30.9 Å². The summed E-state index contributed by atoms with van der Waals surface area (Å²) < 4.78 is 28.7. The molecule has 0 amide bonds. The maximum atomic E-state index is 14.1. The first-order chi connectivity index (χ1) is 10.6. The van der Waals surface area contributed by atoms with Gasteiger partial charge in [0.25, 0.3) is 0 Å². The zero-order chi connectivity index (χ0) is 15.6. The van der Waals surface area contributed by atoms with E-state index >= 15 is 0 Å². The van der Waals surface area contributed by atoms with E-state index in [-0.39, 0.29) is 18.7 Å². The molecule has 22 heavy (non-hydrogen) atoms. The lowest BCUT2D eigenvalue weighted by atomic mass is 9.92. The van der Waals surface area contributed by atoms with Gasteiger partial charge in [-0.3, -0.25) is 5.32 Å². The van der Waals surface area contributed by atoms with Crippen LogP contribution in [-0.2, 0) is 12.1 Å². The van der Waals surface area contributed by atoms with E-state index in [0.717, 1.165) is 12.1 Å². The van der Waals surface area contributed by atoms with Crippen molar-refractivity contribution in [3.63, 3.8) is 0 Å².